The number of amides is 2. The first-order valence-corrected chi connectivity index (χ1v) is 10.2. The van der Waals surface area contributed by atoms with Gasteiger partial charge in [0.05, 0.1) is 6.54 Å². The van der Waals surface area contributed by atoms with E-state index < -0.39 is 11.8 Å². The van der Waals surface area contributed by atoms with Gasteiger partial charge in [-0.05, 0) is 23.3 Å². The summed E-state index contributed by atoms with van der Waals surface area (Å²) in [6.07, 6.45) is -0.358. The van der Waals surface area contributed by atoms with E-state index in [2.05, 4.69) is 5.32 Å². The number of ether oxygens (including phenoxy) is 2. The van der Waals surface area contributed by atoms with Gasteiger partial charge in [0.1, 0.15) is 12.7 Å². The van der Waals surface area contributed by atoms with Crippen LogP contribution in [0.25, 0.3) is 0 Å². The van der Waals surface area contributed by atoms with Gasteiger partial charge >= 0.3 is 11.8 Å². The first-order chi connectivity index (χ1) is 15.2. The van der Waals surface area contributed by atoms with E-state index in [1.807, 2.05) is 84.9 Å². The summed E-state index contributed by atoms with van der Waals surface area (Å²) in [7, 11) is 0. The van der Waals surface area contributed by atoms with Crippen molar-refractivity contribution in [2.75, 3.05) is 13.2 Å². The Hall–Kier alpha value is -3.80. The molecular formula is C25H24N2O4. The summed E-state index contributed by atoms with van der Waals surface area (Å²) in [6, 6.07) is 26.6. The number of benzene rings is 3. The van der Waals surface area contributed by atoms with Gasteiger partial charge in [-0.15, -0.1) is 0 Å². The highest BCUT2D eigenvalue weighted by Crippen LogP contribution is 2.30. The van der Waals surface area contributed by atoms with E-state index in [1.165, 1.54) is 0 Å². The maximum absolute atomic E-state index is 13.0. The summed E-state index contributed by atoms with van der Waals surface area (Å²) in [5.74, 6) is 0.0753. The molecule has 0 unspecified atom stereocenters. The van der Waals surface area contributed by atoms with Crippen LogP contribution in [0.4, 0.5) is 0 Å². The fourth-order valence-electron chi connectivity index (χ4n) is 3.40. The van der Waals surface area contributed by atoms with Gasteiger partial charge in [0.2, 0.25) is 0 Å². The Balaban J connectivity index is 1.39. The monoisotopic (exact) mass is 416 g/mol. The Morgan fingerprint density at radius 2 is 1.35 bits per heavy atom. The van der Waals surface area contributed by atoms with Crippen molar-refractivity contribution in [3.05, 3.63) is 96.1 Å². The van der Waals surface area contributed by atoms with Crippen LogP contribution in [0.3, 0.4) is 0 Å². The van der Waals surface area contributed by atoms with E-state index in [-0.39, 0.29) is 12.6 Å². The minimum Gasteiger partial charge on any atom is -0.486 e. The number of carbonyl (C=O) groups excluding carboxylic acids is 2. The minimum atomic E-state index is -0.658. The lowest BCUT2D eigenvalue weighted by molar-refractivity contribution is -0.146. The predicted molar refractivity (Wildman–Crippen MR) is 117 cm³/mol. The van der Waals surface area contributed by atoms with Gasteiger partial charge in [-0.2, -0.15) is 0 Å². The van der Waals surface area contributed by atoms with E-state index in [9.17, 15) is 9.59 Å². The Kier molecular flexibility index (Phi) is 6.47. The van der Waals surface area contributed by atoms with Crippen molar-refractivity contribution in [1.82, 2.24) is 10.2 Å². The van der Waals surface area contributed by atoms with E-state index in [0.717, 1.165) is 11.1 Å². The number of nitrogens with zero attached hydrogens (tertiary/aromatic N) is 1. The van der Waals surface area contributed by atoms with Gasteiger partial charge in [0.15, 0.2) is 11.5 Å². The standard InChI is InChI=1S/C25H24N2O4/c28-24(26-15-21-18-30-22-13-7-8-14-23(22)31-21)25(29)27(16-19-9-3-1-4-10-19)17-20-11-5-2-6-12-20/h1-14,21H,15-18H2,(H,26,28)/t21-/m1/s1. The third kappa shape index (κ3) is 5.42. The van der Waals surface area contributed by atoms with E-state index in [1.54, 1.807) is 4.90 Å². The molecule has 31 heavy (non-hydrogen) atoms. The maximum atomic E-state index is 13.0. The molecular weight excluding hydrogens is 392 g/mol. The molecule has 0 saturated heterocycles. The van der Waals surface area contributed by atoms with Crippen LogP contribution in [0.15, 0.2) is 84.9 Å². The Morgan fingerprint density at radius 1 is 0.806 bits per heavy atom. The first-order valence-electron chi connectivity index (χ1n) is 10.2. The lowest BCUT2D eigenvalue weighted by atomic mass is 10.1. The highest BCUT2D eigenvalue weighted by molar-refractivity contribution is 6.34. The molecule has 6 heteroatoms. The van der Waals surface area contributed by atoms with Gasteiger partial charge in [-0.1, -0.05) is 72.8 Å². The van der Waals surface area contributed by atoms with Crippen LogP contribution >= 0.6 is 0 Å². The maximum Gasteiger partial charge on any atom is 0.312 e. The van der Waals surface area contributed by atoms with Crippen LogP contribution in [0.1, 0.15) is 11.1 Å². The average Bonchev–Trinajstić information content (AvgIpc) is 2.83. The molecule has 4 rings (SSSR count). The molecule has 1 N–H and O–H groups in total. The van der Waals surface area contributed by atoms with Crippen LogP contribution in [0, 0.1) is 0 Å². The molecule has 0 saturated carbocycles. The zero-order chi connectivity index (χ0) is 21.5. The fourth-order valence-corrected chi connectivity index (χ4v) is 3.40. The van der Waals surface area contributed by atoms with Crippen LogP contribution < -0.4 is 14.8 Å². The van der Waals surface area contributed by atoms with Gasteiger partial charge in [-0.3, -0.25) is 9.59 Å². The predicted octanol–water partition coefficient (Wildman–Crippen LogP) is 3.17. The smallest absolute Gasteiger partial charge is 0.312 e. The van der Waals surface area contributed by atoms with Crippen molar-refractivity contribution in [2.24, 2.45) is 0 Å². The highest BCUT2D eigenvalue weighted by atomic mass is 16.6. The Labute approximate surface area is 181 Å². The number of hydrogen-bond acceptors (Lipinski definition) is 4. The topological polar surface area (TPSA) is 67.9 Å². The summed E-state index contributed by atoms with van der Waals surface area (Å²) in [5.41, 5.74) is 1.92. The van der Waals surface area contributed by atoms with E-state index in [0.29, 0.717) is 31.2 Å². The summed E-state index contributed by atoms with van der Waals surface area (Å²) in [6.45, 7) is 1.18. The quantitative estimate of drug-likeness (QED) is 0.627. The molecule has 0 radical (unpaired) electrons. The number of rotatable bonds is 6. The molecule has 0 bridgehead atoms. The molecule has 2 amide bonds. The van der Waals surface area contributed by atoms with E-state index in [4.69, 9.17) is 9.47 Å². The van der Waals surface area contributed by atoms with Crippen molar-refractivity contribution in [3.8, 4) is 11.5 Å². The van der Waals surface area contributed by atoms with Crippen molar-refractivity contribution in [1.29, 1.82) is 0 Å². The Bertz CT molecular complexity index is 982. The molecule has 0 fully saturated rings. The lowest BCUT2D eigenvalue weighted by Gasteiger charge is -2.27. The zero-order valence-electron chi connectivity index (χ0n) is 17.1. The summed E-state index contributed by atoms with van der Waals surface area (Å²) in [5, 5.41) is 2.70. The van der Waals surface area contributed by atoms with Crippen LogP contribution in [0.5, 0.6) is 11.5 Å². The van der Waals surface area contributed by atoms with Crippen molar-refractivity contribution in [3.63, 3.8) is 0 Å². The number of hydrogen-bond donors (Lipinski definition) is 1. The summed E-state index contributed by atoms with van der Waals surface area (Å²) < 4.78 is 11.5. The van der Waals surface area contributed by atoms with Crippen LogP contribution in [-0.4, -0.2) is 36.0 Å². The normalized spacial score (nSPS) is 14.5. The SMILES string of the molecule is O=C(NC[C@@H]1COc2ccccc2O1)C(=O)N(Cc1ccccc1)Cc1ccccc1. The van der Waals surface area contributed by atoms with Gasteiger partial charge in [0.25, 0.3) is 0 Å². The molecule has 0 aromatic heterocycles. The molecule has 1 heterocycles. The van der Waals surface area contributed by atoms with Crippen LogP contribution in [-0.2, 0) is 22.7 Å². The molecule has 3 aromatic carbocycles. The molecule has 3 aromatic rings. The largest absolute Gasteiger partial charge is 0.486 e. The molecule has 1 atom stereocenters. The van der Waals surface area contributed by atoms with Crippen LogP contribution in [0.2, 0.25) is 0 Å². The zero-order valence-corrected chi connectivity index (χ0v) is 17.1. The first kappa shape index (κ1) is 20.5. The second-order valence-corrected chi connectivity index (χ2v) is 7.34. The number of fused-ring (bicyclic) bond motifs is 1. The third-order valence-corrected chi connectivity index (χ3v) is 4.97. The highest BCUT2D eigenvalue weighted by Gasteiger charge is 2.25. The van der Waals surface area contributed by atoms with E-state index >= 15 is 0 Å². The molecule has 0 spiro atoms. The third-order valence-electron chi connectivity index (χ3n) is 4.97. The fraction of sp³-hybridized carbons (Fsp3) is 0.200. The molecule has 158 valence electrons. The van der Waals surface area contributed by atoms with Gasteiger partial charge < -0.3 is 19.7 Å². The molecule has 1 aliphatic rings. The summed E-state index contributed by atoms with van der Waals surface area (Å²) in [4.78, 5) is 27.2. The van der Waals surface area contributed by atoms with Gasteiger partial charge in [0, 0.05) is 13.1 Å². The second kappa shape index (κ2) is 9.80. The van der Waals surface area contributed by atoms with Crippen molar-refractivity contribution < 1.29 is 19.1 Å². The number of nitrogens with one attached hydrogen (secondary N) is 1. The second-order valence-electron chi connectivity index (χ2n) is 7.34. The molecule has 1 aliphatic heterocycles. The molecule has 6 nitrogen and oxygen atoms in total. The summed E-state index contributed by atoms with van der Waals surface area (Å²) >= 11 is 0. The minimum absolute atomic E-state index is 0.184. The number of para-hydroxylation sites is 2. The lowest BCUT2D eigenvalue weighted by Crippen LogP contribution is -2.47. The van der Waals surface area contributed by atoms with Crippen molar-refractivity contribution in [2.45, 2.75) is 19.2 Å². The van der Waals surface area contributed by atoms with Crippen molar-refractivity contribution >= 4 is 11.8 Å². The van der Waals surface area contributed by atoms with Gasteiger partial charge in [-0.25, -0.2) is 0 Å². The average molecular weight is 416 g/mol. The Morgan fingerprint density at radius 3 is 1.97 bits per heavy atom. The molecule has 0 aliphatic carbocycles. The number of carbonyl (C=O) groups is 2.